The predicted molar refractivity (Wildman–Crippen MR) is 209 cm³/mol. The van der Waals surface area contributed by atoms with Crippen LogP contribution in [0.2, 0.25) is 0 Å². The molecule has 0 saturated heterocycles. The third kappa shape index (κ3) is 14.9. The molecule has 3 aromatic rings. The van der Waals surface area contributed by atoms with Gasteiger partial charge in [-0.3, -0.25) is 24.0 Å². The first kappa shape index (κ1) is 44.9. The van der Waals surface area contributed by atoms with E-state index in [9.17, 15) is 54.0 Å². The van der Waals surface area contributed by atoms with Crippen molar-refractivity contribution in [1.29, 1.82) is 0 Å². The van der Waals surface area contributed by atoms with Crippen molar-refractivity contribution >= 4 is 53.0 Å². The summed E-state index contributed by atoms with van der Waals surface area (Å²) >= 11 is 0. The molecule has 5 atom stereocenters. The molecule has 0 bridgehead atoms. The van der Waals surface area contributed by atoms with E-state index in [0.29, 0.717) is 28.9 Å². The van der Waals surface area contributed by atoms with Crippen LogP contribution in [0.4, 0.5) is 16.2 Å². The number of amides is 6. The number of aromatic hydroxyl groups is 1. The van der Waals surface area contributed by atoms with Gasteiger partial charge in [0.25, 0.3) is 0 Å². The van der Waals surface area contributed by atoms with Gasteiger partial charge in [-0.05, 0) is 72.7 Å². The summed E-state index contributed by atoms with van der Waals surface area (Å²) in [4.78, 5) is 89.0. The fourth-order valence-corrected chi connectivity index (χ4v) is 5.61. The molecule has 0 fully saturated rings. The van der Waals surface area contributed by atoms with Gasteiger partial charge in [-0.2, -0.15) is 0 Å². The van der Waals surface area contributed by atoms with Crippen molar-refractivity contribution in [3.8, 4) is 5.75 Å². The van der Waals surface area contributed by atoms with Crippen molar-refractivity contribution in [2.45, 2.75) is 83.5 Å². The molecule has 306 valence electrons. The highest BCUT2D eigenvalue weighted by Crippen LogP contribution is 2.16. The lowest BCUT2D eigenvalue weighted by molar-refractivity contribution is -0.142. The Balaban J connectivity index is 1.66. The highest BCUT2D eigenvalue weighted by atomic mass is 16.4. The van der Waals surface area contributed by atoms with E-state index in [2.05, 4.69) is 31.9 Å². The number of nitrogens with one attached hydrogen (secondary N) is 6. The number of rotatable bonds is 21. The number of phenols is 1. The van der Waals surface area contributed by atoms with Crippen LogP contribution in [0, 0.1) is 12.8 Å². The van der Waals surface area contributed by atoms with Gasteiger partial charge >= 0.3 is 18.0 Å². The van der Waals surface area contributed by atoms with E-state index >= 15 is 0 Å². The third-order valence-corrected chi connectivity index (χ3v) is 9.10. The third-order valence-electron chi connectivity index (χ3n) is 9.10. The number of para-hydroxylation sites is 1. The van der Waals surface area contributed by atoms with Gasteiger partial charge in [-0.25, -0.2) is 9.59 Å². The molecule has 6 amide bonds. The highest BCUT2D eigenvalue weighted by molar-refractivity contribution is 6.00. The number of aliphatic carboxylic acids is 2. The van der Waals surface area contributed by atoms with Gasteiger partial charge in [-0.15, -0.1) is 0 Å². The van der Waals surface area contributed by atoms with Crippen molar-refractivity contribution < 1.29 is 54.0 Å². The van der Waals surface area contributed by atoms with Crippen LogP contribution in [0.5, 0.6) is 5.75 Å². The number of phenolic OH excluding ortho intramolecular Hbond substituents is 1. The molecule has 1 unspecified atom stereocenters. The molecular formula is C40H50N6O11. The van der Waals surface area contributed by atoms with Gasteiger partial charge in [0.2, 0.25) is 23.6 Å². The number of aliphatic hydroxyl groups excluding tert-OH is 1. The normalized spacial score (nSPS) is 13.4. The Morgan fingerprint density at radius 3 is 1.89 bits per heavy atom. The largest absolute Gasteiger partial charge is 0.508 e. The molecule has 0 saturated carbocycles. The zero-order valence-corrected chi connectivity index (χ0v) is 31.9. The maximum atomic E-state index is 13.7. The molecule has 0 aliphatic heterocycles. The molecule has 0 spiro atoms. The minimum absolute atomic E-state index is 0.0427. The molecule has 0 radical (unpaired) electrons. The van der Waals surface area contributed by atoms with E-state index < -0.39 is 78.3 Å². The Kier molecular flexibility index (Phi) is 17.5. The lowest BCUT2D eigenvalue weighted by atomic mass is 9.97. The summed E-state index contributed by atoms with van der Waals surface area (Å²) in [5.74, 6) is -6.28. The summed E-state index contributed by atoms with van der Waals surface area (Å²) in [6.45, 7) is 4.44. The maximum Gasteiger partial charge on any atom is 0.326 e. The number of carboxylic acid groups (broad SMARTS) is 2. The predicted octanol–water partition coefficient (Wildman–Crippen LogP) is 2.45. The molecule has 0 aliphatic rings. The number of urea groups is 1. The Labute approximate surface area is 329 Å². The maximum absolute atomic E-state index is 13.7. The topological polar surface area (TPSA) is 273 Å². The summed E-state index contributed by atoms with van der Waals surface area (Å²) < 4.78 is 0. The van der Waals surface area contributed by atoms with E-state index in [1.807, 2.05) is 19.1 Å². The number of aliphatic hydroxyl groups is 1. The first-order valence-corrected chi connectivity index (χ1v) is 18.4. The van der Waals surface area contributed by atoms with E-state index in [1.165, 1.54) is 24.3 Å². The Bertz CT molecular complexity index is 1870. The molecular weight excluding hydrogens is 740 g/mol. The first-order chi connectivity index (χ1) is 27.1. The molecule has 0 heterocycles. The van der Waals surface area contributed by atoms with Crippen LogP contribution in [0.1, 0.15) is 56.2 Å². The van der Waals surface area contributed by atoms with Crippen LogP contribution in [0.25, 0.3) is 0 Å². The average Bonchev–Trinajstić information content (AvgIpc) is 3.17. The zero-order valence-electron chi connectivity index (χ0n) is 31.9. The molecule has 3 aromatic carbocycles. The zero-order chi connectivity index (χ0) is 42.1. The SMILES string of the molecule is CCC(C)[C@H](NC(=O)Cc1ccc(NC(=O)Nc2ccccc2C)cc1)C(=O)N[C@@H](CCCC(=O)O)C(=O)N[C@@H](CO)C(=O)N[C@@H](Cc1ccc(O)cc1)C(=O)O. The standard InChI is InChI=1S/C40H50N6O11/c1-4-23(2)35(46-33(49)21-26-12-16-27(17-13-26)41-40(57)45-29-9-6-5-8-24(29)3)38(54)42-30(10-7-11-34(50)51)36(52)44-32(22-47)37(53)43-31(39(55)56)20-25-14-18-28(48)19-15-25/h5-6,8-9,12-19,23,30-32,35,47-48H,4,7,10-11,20-22H2,1-3H3,(H,42,54)(H,43,53)(H,44,52)(H,46,49)(H,50,51)(H,55,56)(H2,41,45,57)/t23?,30-,31-,32-,35-/m0/s1. The van der Waals surface area contributed by atoms with Crippen LogP contribution in [-0.4, -0.2) is 92.8 Å². The van der Waals surface area contributed by atoms with Crippen LogP contribution < -0.4 is 31.9 Å². The van der Waals surface area contributed by atoms with Gasteiger partial charge in [0.15, 0.2) is 0 Å². The number of hydrogen-bond acceptors (Lipinski definition) is 9. The van der Waals surface area contributed by atoms with Crippen LogP contribution >= 0.6 is 0 Å². The summed E-state index contributed by atoms with van der Waals surface area (Å²) in [5, 5.41) is 53.7. The van der Waals surface area contributed by atoms with Crippen molar-refractivity contribution in [2.75, 3.05) is 17.2 Å². The fraction of sp³-hybridized carbons (Fsp3) is 0.375. The van der Waals surface area contributed by atoms with E-state index in [4.69, 9.17) is 0 Å². The summed E-state index contributed by atoms with van der Waals surface area (Å²) in [6.07, 6.45) is -0.460. The number of carboxylic acids is 2. The monoisotopic (exact) mass is 790 g/mol. The molecule has 57 heavy (non-hydrogen) atoms. The van der Waals surface area contributed by atoms with Gasteiger partial charge in [0, 0.05) is 24.2 Å². The Morgan fingerprint density at radius 2 is 1.30 bits per heavy atom. The Morgan fingerprint density at radius 1 is 0.702 bits per heavy atom. The Hall–Kier alpha value is -6.49. The van der Waals surface area contributed by atoms with Gasteiger partial charge in [-0.1, -0.05) is 62.7 Å². The number of aryl methyl sites for hydroxylation is 1. The highest BCUT2D eigenvalue weighted by Gasteiger charge is 2.32. The molecule has 17 nitrogen and oxygen atoms in total. The number of carbonyl (C=O) groups excluding carboxylic acids is 5. The molecule has 3 rings (SSSR count). The van der Waals surface area contributed by atoms with E-state index in [1.54, 1.807) is 50.2 Å². The van der Waals surface area contributed by atoms with Crippen LogP contribution in [-0.2, 0) is 41.6 Å². The van der Waals surface area contributed by atoms with E-state index in [-0.39, 0.29) is 37.9 Å². The van der Waals surface area contributed by atoms with Crippen molar-refractivity contribution in [1.82, 2.24) is 21.3 Å². The van der Waals surface area contributed by atoms with Crippen LogP contribution in [0.15, 0.2) is 72.8 Å². The summed E-state index contributed by atoms with van der Waals surface area (Å²) in [5.41, 5.74) is 3.07. The number of carbonyl (C=O) groups is 7. The molecule has 0 aromatic heterocycles. The van der Waals surface area contributed by atoms with Crippen LogP contribution in [0.3, 0.4) is 0 Å². The van der Waals surface area contributed by atoms with Gasteiger partial charge in [0.05, 0.1) is 13.0 Å². The average molecular weight is 791 g/mol. The number of anilines is 2. The summed E-state index contributed by atoms with van der Waals surface area (Å²) in [6, 6.07) is 13.4. The van der Waals surface area contributed by atoms with Crippen molar-refractivity contribution in [3.63, 3.8) is 0 Å². The number of hydrogen-bond donors (Lipinski definition) is 10. The van der Waals surface area contributed by atoms with Crippen molar-refractivity contribution in [3.05, 3.63) is 89.5 Å². The second-order valence-corrected chi connectivity index (χ2v) is 13.6. The quantitative estimate of drug-likeness (QED) is 0.0749. The lowest BCUT2D eigenvalue weighted by Crippen LogP contribution is -2.59. The smallest absolute Gasteiger partial charge is 0.326 e. The fourth-order valence-electron chi connectivity index (χ4n) is 5.61. The van der Waals surface area contributed by atoms with Gasteiger partial charge in [0.1, 0.15) is 29.9 Å². The molecule has 10 N–H and O–H groups in total. The van der Waals surface area contributed by atoms with Gasteiger partial charge < -0.3 is 52.3 Å². The molecule has 17 heteroatoms. The van der Waals surface area contributed by atoms with Crippen molar-refractivity contribution in [2.24, 2.45) is 5.92 Å². The second kappa shape index (κ2) is 22.2. The molecule has 0 aliphatic carbocycles. The minimum Gasteiger partial charge on any atom is -0.508 e. The lowest BCUT2D eigenvalue weighted by Gasteiger charge is -2.27. The second-order valence-electron chi connectivity index (χ2n) is 13.6. The summed E-state index contributed by atoms with van der Waals surface area (Å²) in [7, 11) is 0. The first-order valence-electron chi connectivity index (χ1n) is 18.4. The number of benzene rings is 3. The minimum atomic E-state index is -1.65. The van der Waals surface area contributed by atoms with E-state index in [0.717, 1.165) is 5.56 Å².